The topological polar surface area (TPSA) is 104 Å². The average molecular weight is 367 g/mol. The standard InChI is InChI=1S/C17H25N3O4S/c1-11(2)17(22)20-13-5-4-12(3)15(8-13)18-9-16(21)19-14-6-7-25(23,24)10-14/h4-5,8,11,14,18H,6-7,9-10H2,1-3H3,(H,19,21)(H,20,22). The first-order chi connectivity index (χ1) is 11.7. The van der Waals surface area contributed by atoms with E-state index >= 15 is 0 Å². The maximum absolute atomic E-state index is 12.0. The summed E-state index contributed by atoms with van der Waals surface area (Å²) in [6, 6.07) is 5.14. The summed E-state index contributed by atoms with van der Waals surface area (Å²) in [5.74, 6) is -0.310. The molecular formula is C17H25N3O4S. The fourth-order valence-corrected chi connectivity index (χ4v) is 4.21. The van der Waals surface area contributed by atoms with E-state index in [1.54, 1.807) is 6.07 Å². The molecule has 1 aliphatic rings. The first-order valence-corrected chi connectivity index (χ1v) is 10.1. The van der Waals surface area contributed by atoms with Gasteiger partial charge in [0.1, 0.15) is 0 Å². The number of hydrogen-bond donors (Lipinski definition) is 3. The molecule has 1 unspecified atom stereocenters. The fraction of sp³-hybridized carbons (Fsp3) is 0.529. The van der Waals surface area contributed by atoms with Crippen LogP contribution in [0.1, 0.15) is 25.8 Å². The average Bonchev–Trinajstić information content (AvgIpc) is 2.86. The van der Waals surface area contributed by atoms with Crippen molar-refractivity contribution in [2.75, 3.05) is 28.7 Å². The highest BCUT2D eigenvalue weighted by molar-refractivity contribution is 7.91. The third-order valence-electron chi connectivity index (χ3n) is 4.07. The van der Waals surface area contributed by atoms with Gasteiger partial charge in [0.25, 0.3) is 0 Å². The Labute approximate surface area is 148 Å². The number of anilines is 2. The Hall–Kier alpha value is -2.09. The first kappa shape index (κ1) is 19.2. The number of hydrogen-bond acceptors (Lipinski definition) is 5. The number of carbonyl (C=O) groups is 2. The van der Waals surface area contributed by atoms with E-state index in [1.165, 1.54) is 0 Å². The van der Waals surface area contributed by atoms with Gasteiger partial charge in [-0.2, -0.15) is 0 Å². The van der Waals surface area contributed by atoms with Gasteiger partial charge in [-0.05, 0) is 31.0 Å². The van der Waals surface area contributed by atoms with E-state index in [2.05, 4.69) is 16.0 Å². The zero-order chi connectivity index (χ0) is 18.6. The van der Waals surface area contributed by atoms with Crippen LogP contribution >= 0.6 is 0 Å². The Morgan fingerprint density at radius 2 is 2.00 bits per heavy atom. The summed E-state index contributed by atoms with van der Waals surface area (Å²) in [5.41, 5.74) is 2.35. The van der Waals surface area contributed by atoms with Gasteiger partial charge in [-0.25, -0.2) is 8.42 Å². The van der Waals surface area contributed by atoms with Gasteiger partial charge in [0, 0.05) is 23.3 Å². The Morgan fingerprint density at radius 1 is 1.28 bits per heavy atom. The monoisotopic (exact) mass is 367 g/mol. The van der Waals surface area contributed by atoms with Gasteiger partial charge in [0.05, 0.1) is 18.1 Å². The lowest BCUT2D eigenvalue weighted by atomic mass is 10.1. The maximum Gasteiger partial charge on any atom is 0.239 e. The van der Waals surface area contributed by atoms with Gasteiger partial charge >= 0.3 is 0 Å². The normalized spacial score (nSPS) is 18.8. The van der Waals surface area contributed by atoms with Crippen LogP contribution in [0.3, 0.4) is 0 Å². The van der Waals surface area contributed by atoms with Crippen LogP contribution in [0.4, 0.5) is 11.4 Å². The zero-order valence-corrected chi connectivity index (χ0v) is 15.6. The van der Waals surface area contributed by atoms with Gasteiger partial charge in [-0.1, -0.05) is 19.9 Å². The predicted octanol–water partition coefficient (Wildman–Crippen LogP) is 1.30. The second kappa shape index (κ2) is 7.86. The van der Waals surface area contributed by atoms with E-state index in [9.17, 15) is 18.0 Å². The van der Waals surface area contributed by atoms with E-state index in [1.807, 2.05) is 32.9 Å². The van der Waals surface area contributed by atoms with Crippen LogP contribution < -0.4 is 16.0 Å². The molecule has 7 nitrogen and oxygen atoms in total. The molecule has 8 heteroatoms. The number of aryl methyl sites for hydroxylation is 1. The highest BCUT2D eigenvalue weighted by Gasteiger charge is 2.28. The summed E-state index contributed by atoms with van der Waals surface area (Å²) < 4.78 is 22.8. The second-order valence-corrected chi connectivity index (χ2v) is 8.92. The third kappa shape index (κ3) is 5.74. The van der Waals surface area contributed by atoms with Crippen molar-refractivity contribution < 1.29 is 18.0 Å². The molecule has 0 radical (unpaired) electrons. The zero-order valence-electron chi connectivity index (χ0n) is 14.8. The number of rotatable bonds is 6. The Morgan fingerprint density at radius 3 is 2.60 bits per heavy atom. The number of carbonyl (C=O) groups excluding carboxylic acids is 2. The summed E-state index contributed by atoms with van der Waals surface area (Å²) in [6.45, 7) is 5.57. The van der Waals surface area contributed by atoms with Crippen molar-refractivity contribution in [3.8, 4) is 0 Å². The Kier molecular flexibility index (Phi) is 6.05. The van der Waals surface area contributed by atoms with Crippen LogP contribution in [0.2, 0.25) is 0 Å². The summed E-state index contributed by atoms with van der Waals surface area (Å²) in [6.07, 6.45) is 0.462. The maximum atomic E-state index is 12.0. The van der Waals surface area contributed by atoms with Crippen LogP contribution in [-0.2, 0) is 19.4 Å². The minimum absolute atomic E-state index is 0.00842. The third-order valence-corrected chi connectivity index (χ3v) is 5.83. The SMILES string of the molecule is Cc1ccc(NC(=O)C(C)C)cc1NCC(=O)NC1CCS(=O)(=O)C1. The molecule has 25 heavy (non-hydrogen) atoms. The van der Waals surface area contributed by atoms with E-state index in [0.29, 0.717) is 12.1 Å². The quantitative estimate of drug-likeness (QED) is 0.703. The fourth-order valence-electron chi connectivity index (χ4n) is 2.54. The molecule has 3 N–H and O–H groups in total. The summed E-state index contributed by atoms with van der Waals surface area (Å²) in [7, 11) is -3.01. The molecule has 1 aromatic carbocycles. The molecule has 1 atom stereocenters. The van der Waals surface area contributed by atoms with E-state index in [4.69, 9.17) is 0 Å². The first-order valence-electron chi connectivity index (χ1n) is 8.31. The highest BCUT2D eigenvalue weighted by Crippen LogP contribution is 2.20. The summed E-state index contributed by atoms with van der Waals surface area (Å²) >= 11 is 0. The molecule has 1 aromatic rings. The van der Waals surface area contributed by atoms with Crippen molar-refractivity contribution in [2.24, 2.45) is 5.92 Å². The molecule has 0 aromatic heterocycles. The van der Waals surface area contributed by atoms with E-state index < -0.39 is 9.84 Å². The molecule has 1 aliphatic heterocycles. The number of sulfone groups is 1. The van der Waals surface area contributed by atoms with Crippen LogP contribution in [0.5, 0.6) is 0 Å². The van der Waals surface area contributed by atoms with Gasteiger partial charge in [-0.3, -0.25) is 9.59 Å². The van der Waals surface area contributed by atoms with Crippen LogP contribution in [0, 0.1) is 12.8 Å². The largest absolute Gasteiger partial charge is 0.376 e. The minimum Gasteiger partial charge on any atom is -0.376 e. The van der Waals surface area contributed by atoms with Crippen molar-refractivity contribution in [2.45, 2.75) is 33.2 Å². The number of nitrogens with one attached hydrogen (secondary N) is 3. The van der Waals surface area contributed by atoms with Crippen LogP contribution in [-0.4, -0.2) is 44.3 Å². The smallest absolute Gasteiger partial charge is 0.239 e. The molecule has 2 amide bonds. The van der Waals surface area contributed by atoms with Gasteiger partial charge < -0.3 is 16.0 Å². The summed E-state index contributed by atoms with van der Waals surface area (Å²) in [5, 5.41) is 8.59. The van der Waals surface area contributed by atoms with Crippen molar-refractivity contribution in [1.82, 2.24) is 5.32 Å². The van der Waals surface area contributed by atoms with Crippen molar-refractivity contribution in [3.05, 3.63) is 23.8 Å². The van der Waals surface area contributed by atoms with Gasteiger partial charge in [0.15, 0.2) is 9.84 Å². The van der Waals surface area contributed by atoms with Gasteiger partial charge in [0.2, 0.25) is 11.8 Å². The molecule has 138 valence electrons. The van der Waals surface area contributed by atoms with E-state index in [0.717, 1.165) is 11.3 Å². The van der Waals surface area contributed by atoms with Crippen LogP contribution in [0.25, 0.3) is 0 Å². The highest BCUT2D eigenvalue weighted by atomic mass is 32.2. The lowest BCUT2D eigenvalue weighted by Crippen LogP contribution is -2.39. The molecule has 0 saturated carbocycles. The van der Waals surface area contributed by atoms with Crippen molar-refractivity contribution in [1.29, 1.82) is 0 Å². The lowest BCUT2D eigenvalue weighted by molar-refractivity contribution is -0.120. The summed E-state index contributed by atoms with van der Waals surface area (Å²) in [4.78, 5) is 23.8. The van der Waals surface area contributed by atoms with Crippen molar-refractivity contribution in [3.63, 3.8) is 0 Å². The molecule has 0 bridgehead atoms. The molecule has 1 fully saturated rings. The molecule has 1 saturated heterocycles. The predicted molar refractivity (Wildman–Crippen MR) is 98.3 cm³/mol. The minimum atomic E-state index is -3.01. The molecular weight excluding hydrogens is 342 g/mol. The molecule has 1 heterocycles. The number of amides is 2. The van der Waals surface area contributed by atoms with Gasteiger partial charge in [-0.15, -0.1) is 0 Å². The van der Waals surface area contributed by atoms with Crippen molar-refractivity contribution >= 4 is 33.0 Å². The van der Waals surface area contributed by atoms with Crippen LogP contribution in [0.15, 0.2) is 18.2 Å². The Bertz CT molecular complexity index is 759. The van der Waals surface area contributed by atoms with E-state index in [-0.39, 0.29) is 41.8 Å². The molecule has 0 aliphatic carbocycles. The molecule has 2 rings (SSSR count). The number of benzene rings is 1. The second-order valence-electron chi connectivity index (χ2n) is 6.69. The Balaban J connectivity index is 1.91. The molecule has 0 spiro atoms. The lowest BCUT2D eigenvalue weighted by Gasteiger charge is -2.15.